The van der Waals surface area contributed by atoms with Crippen molar-refractivity contribution in [3.05, 3.63) is 54.5 Å². The Morgan fingerprint density at radius 1 is 1.20 bits per heavy atom. The highest BCUT2D eigenvalue weighted by Gasteiger charge is 2.05. The van der Waals surface area contributed by atoms with Gasteiger partial charge in [-0.2, -0.15) is 5.10 Å². The topological polar surface area (TPSA) is 70.7 Å². The zero-order chi connectivity index (χ0) is 13.8. The van der Waals surface area contributed by atoms with Crippen LogP contribution in [-0.4, -0.2) is 21.1 Å². The van der Waals surface area contributed by atoms with E-state index in [2.05, 4.69) is 20.5 Å². The highest BCUT2D eigenvalue weighted by molar-refractivity contribution is 5.90. The van der Waals surface area contributed by atoms with Gasteiger partial charge in [0.15, 0.2) is 0 Å². The summed E-state index contributed by atoms with van der Waals surface area (Å²) >= 11 is 0. The second-order valence-corrected chi connectivity index (χ2v) is 4.53. The normalized spacial score (nSPS) is 10.6. The van der Waals surface area contributed by atoms with E-state index >= 15 is 0 Å². The van der Waals surface area contributed by atoms with Crippen LogP contribution in [0.1, 0.15) is 12.1 Å². The summed E-state index contributed by atoms with van der Waals surface area (Å²) in [4.78, 5) is 16.3. The fourth-order valence-electron chi connectivity index (χ4n) is 2.03. The van der Waals surface area contributed by atoms with E-state index in [4.69, 9.17) is 0 Å². The van der Waals surface area contributed by atoms with E-state index in [0.717, 1.165) is 16.6 Å². The summed E-state index contributed by atoms with van der Waals surface area (Å²) in [7, 11) is 0. The molecule has 1 aromatic carbocycles. The van der Waals surface area contributed by atoms with Gasteiger partial charge in [-0.15, -0.1) is 0 Å². The van der Waals surface area contributed by atoms with Crippen molar-refractivity contribution in [3.63, 3.8) is 0 Å². The first-order valence-electron chi connectivity index (χ1n) is 6.44. The van der Waals surface area contributed by atoms with Crippen LogP contribution in [0.15, 0.2) is 48.8 Å². The molecule has 0 unspecified atom stereocenters. The molecule has 3 aromatic rings. The molecule has 2 aromatic heterocycles. The molecular weight excluding hydrogens is 252 g/mol. The molecule has 1 amide bonds. The first-order valence-corrected chi connectivity index (χ1v) is 6.44. The van der Waals surface area contributed by atoms with Crippen molar-refractivity contribution in [2.45, 2.75) is 12.8 Å². The summed E-state index contributed by atoms with van der Waals surface area (Å²) in [5.74, 6) is -0.0404. The smallest absolute Gasteiger partial charge is 0.224 e. The maximum absolute atomic E-state index is 11.8. The van der Waals surface area contributed by atoms with E-state index in [-0.39, 0.29) is 5.91 Å². The fourth-order valence-corrected chi connectivity index (χ4v) is 2.03. The van der Waals surface area contributed by atoms with Crippen molar-refractivity contribution < 1.29 is 4.79 Å². The number of aromatic amines is 1. The zero-order valence-corrected chi connectivity index (χ0v) is 10.8. The quantitative estimate of drug-likeness (QED) is 0.762. The number of H-pyrrole nitrogens is 1. The van der Waals surface area contributed by atoms with E-state index in [1.54, 1.807) is 12.4 Å². The van der Waals surface area contributed by atoms with Gasteiger partial charge in [-0.3, -0.25) is 14.9 Å². The van der Waals surface area contributed by atoms with Crippen LogP contribution in [0.5, 0.6) is 0 Å². The summed E-state index contributed by atoms with van der Waals surface area (Å²) in [5, 5.41) is 10.3. The molecule has 5 nitrogen and oxygen atoms in total. The number of hydrogen-bond donors (Lipinski definition) is 2. The van der Waals surface area contributed by atoms with Crippen LogP contribution >= 0.6 is 0 Å². The predicted molar refractivity (Wildman–Crippen MR) is 77.3 cm³/mol. The summed E-state index contributed by atoms with van der Waals surface area (Å²) < 4.78 is 0. The Morgan fingerprint density at radius 3 is 2.95 bits per heavy atom. The minimum Gasteiger partial charge on any atom is -0.323 e. The summed E-state index contributed by atoms with van der Waals surface area (Å²) in [5.41, 5.74) is 2.56. The molecule has 0 atom stereocenters. The maximum atomic E-state index is 11.8. The van der Waals surface area contributed by atoms with Crippen LogP contribution in [0, 0.1) is 0 Å². The lowest BCUT2D eigenvalue weighted by atomic mass is 10.1. The molecule has 0 spiro atoms. The molecular formula is C15H14N4O. The van der Waals surface area contributed by atoms with Gasteiger partial charge in [-0.05, 0) is 18.6 Å². The van der Waals surface area contributed by atoms with Crippen molar-refractivity contribution in [1.82, 2.24) is 15.2 Å². The van der Waals surface area contributed by atoms with E-state index in [9.17, 15) is 4.79 Å². The molecule has 3 rings (SSSR count). The lowest BCUT2D eigenvalue weighted by molar-refractivity contribution is -0.116. The Bertz CT molecular complexity index is 722. The molecule has 0 aliphatic carbocycles. The van der Waals surface area contributed by atoms with E-state index in [1.807, 2.05) is 36.4 Å². The van der Waals surface area contributed by atoms with Gasteiger partial charge in [-0.25, -0.2) is 0 Å². The Balaban J connectivity index is 1.63. The van der Waals surface area contributed by atoms with Gasteiger partial charge in [0.1, 0.15) is 0 Å². The zero-order valence-electron chi connectivity index (χ0n) is 10.8. The summed E-state index contributed by atoms with van der Waals surface area (Å²) in [6, 6.07) is 12.0. The molecule has 0 bridgehead atoms. The highest BCUT2D eigenvalue weighted by atomic mass is 16.1. The first kappa shape index (κ1) is 12.3. The first-order chi connectivity index (χ1) is 9.81. The van der Waals surface area contributed by atoms with Gasteiger partial charge in [0.25, 0.3) is 0 Å². The fraction of sp³-hybridized carbons (Fsp3) is 0.133. The van der Waals surface area contributed by atoms with Gasteiger partial charge in [0.05, 0.1) is 17.4 Å². The highest BCUT2D eigenvalue weighted by Crippen LogP contribution is 2.13. The number of aromatic nitrogens is 3. The van der Waals surface area contributed by atoms with Crippen molar-refractivity contribution in [3.8, 4) is 0 Å². The third kappa shape index (κ3) is 2.83. The van der Waals surface area contributed by atoms with Crippen LogP contribution in [0.25, 0.3) is 10.9 Å². The molecule has 0 radical (unpaired) electrons. The Kier molecular flexibility index (Phi) is 3.41. The van der Waals surface area contributed by atoms with Crippen molar-refractivity contribution in [1.29, 1.82) is 0 Å². The summed E-state index contributed by atoms with van der Waals surface area (Å²) in [6.07, 6.45) is 4.24. The molecule has 0 saturated carbocycles. The number of benzene rings is 1. The van der Waals surface area contributed by atoms with Gasteiger partial charge in [0, 0.05) is 23.7 Å². The largest absolute Gasteiger partial charge is 0.323 e. The molecule has 20 heavy (non-hydrogen) atoms. The van der Waals surface area contributed by atoms with Crippen LogP contribution in [0.3, 0.4) is 0 Å². The number of pyridine rings is 1. The third-order valence-electron chi connectivity index (χ3n) is 3.05. The number of fused-ring (bicyclic) bond motifs is 1. The van der Waals surface area contributed by atoms with Crippen LogP contribution in [0.2, 0.25) is 0 Å². The maximum Gasteiger partial charge on any atom is 0.224 e. The lowest BCUT2D eigenvalue weighted by Crippen LogP contribution is -2.12. The molecule has 2 heterocycles. The predicted octanol–water partition coefficient (Wildman–Crippen LogP) is 2.53. The van der Waals surface area contributed by atoms with Crippen LogP contribution in [0.4, 0.5) is 5.69 Å². The van der Waals surface area contributed by atoms with Crippen molar-refractivity contribution in [2.24, 2.45) is 0 Å². The minimum atomic E-state index is -0.0404. The molecule has 0 aliphatic rings. The van der Waals surface area contributed by atoms with E-state index in [1.165, 1.54) is 0 Å². The minimum absolute atomic E-state index is 0.0404. The number of aryl methyl sites for hydroxylation is 1. The molecule has 2 N–H and O–H groups in total. The average Bonchev–Trinajstić information content (AvgIpc) is 2.98. The number of para-hydroxylation sites is 1. The number of amides is 1. The Hall–Kier alpha value is -2.69. The number of carbonyl (C=O) groups is 1. The number of carbonyl (C=O) groups excluding carboxylic acids is 1. The van der Waals surface area contributed by atoms with Gasteiger partial charge < -0.3 is 5.32 Å². The van der Waals surface area contributed by atoms with Crippen LogP contribution < -0.4 is 5.32 Å². The second kappa shape index (κ2) is 5.52. The number of hydrogen-bond acceptors (Lipinski definition) is 3. The van der Waals surface area contributed by atoms with Crippen LogP contribution in [-0.2, 0) is 11.2 Å². The average molecular weight is 266 g/mol. The summed E-state index contributed by atoms with van der Waals surface area (Å²) in [6.45, 7) is 0. The van der Waals surface area contributed by atoms with Gasteiger partial charge >= 0.3 is 0 Å². The van der Waals surface area contributed by atoms with Gasteiger partial charge in [-0.1, -0.05) is 24.3 Å². The Labute approximate surface area is 116 Å². The number of rotatable bonds is 4. The van der Waals surface area contributed by atoms with E-state index < -0.39 is 0 Å². The monoisotopic (exact) mass is 266 g/mol. The van der Waals surface area contributed by atoms with E-state index in [0.29, 0.717) is 18.5 Å². The molecule has 0 fully saturated rings. The van der Waals surface area contributed by atoms with Gasteiger partial charge in [0.2, 0.25) is 5.91 Å². The molecule has 0 aliphatic heterocycles. The van der Waals surface area contributed by atoms with Crippen molar-refractivity contribution in [2.75, 3.05) is 5.32 Å². The molecule has 100 valence electrons. The number of anilines is 1. The number of nitrogens with one attached hydrogen (secondary N) is 2. The second-order valence-electron chi connectivity index (χ2n) is 4.53. The standard InChI is InChI=1S/C15H14N4O/c20-15(19-13-9-16-17-10-13)8-7-12-6-5-11-3-1-2-4-14(11)18-12/h1-6,9-10H,7-8H2,(H,16,17)(H,19,20). The SMILES string of the molecule is O=C(CCc1ccc2ccccc2n1)Nc1cn[nH]c1. The third-order valence-corrected chi connectivity index (χ3v) is 3.05. The molecule has 0 saturated heterocycles. The Morgan fingerprint density at radius 2 is 2.10 bits per heavy atom. The van der Waals surface area contributed by atoms with Crippen molar-refractivity contribution >= 4 is 22.5 Å². The number of nitrogens with zero attached hydrogens (tertiary/aromatic N) is 2. The molecule has 5 heteroatoms. The lowest BCUT2D eigenvalue weighted by Gasteiger charge is -2.04.